The van der Waals surface area contributed by atoms with Gasteiger partial charge in [-0.05, 0) is 53.2 Å². The number of aryl methyl sites for hydroxylation is 1. The molecule has 138 valence electrons. The highest BCUT2D eigenvalue weighted by Gasteiger charge is 2.26. The zero-order valence-corrected chi connectivity index (χ0v) is 16.4. The molecular weight excluding hydrogens is 396 g/mol. The Bertz CT molecular complexity index is 745. The molecule has 2 aromatic rings. The second kappa shape index (κ2) is 8.54. The van der Waals surface area contributed by atoms with Gasteiger partial charge in [-0.1, -0.05) is 30.3 Å². The average Bonchev–Trinajstić information content (AvgIpc) is 3.00. The van der Waals surface area contributed by atoms with Gasteiger partial charge in [-0.15, -0.1) is 0 Å². The number of hydrogen-bond acceptors (Lipinski definition) is 3. The van der Waals surface area contributed by atoms with Gasteiger partial charge in [-0.3, -0.25) is 4.79 Å². The number of halogens is 1. The Morgan fingerprint density at radius 1 is 1.23 bits per heavy atom. The second-order valence-electron chi connectivity index (χ2n) is 6.75. The lowest BCUT2D eigenvalue weighted by Gasteiger charge is -2.31. The van der Waals surface area contributed by atoms with E-state index in [0.717, 1.165) is 28.6 Å². The van der Waals surface area contributed by atoms with Crippen LogP contribution in [0.3, 0.4) is 0 Å². The van der Waals surface area contributed by atoms with Gasteiger partial charge in [-0.25, -0.2) is 4.79 Å². The molecule has 2 heterocycles. The van der Waals surface area contributed by atoms with Gasteiger partial charge in [0.1, 0.15) is 6.61 Å². The summed E-state index contributed by atoms with van der Waals surface area (Å²) in [5.41, 5.74) is 2.59. The van der Waals surface area contributed by atoms with Crippen molar-refractivity contribution in [3.05, 3.63) is 57.8 Å². The van der Waals surface area contributed by atoms with Gasteiger partial charge in [0.15, 0.2) is 5.78 Å². The minimum absolute atomic E-state index is 0.129. The van der Waals surface area contributed by atoms with E-state index < -0.39 is 0 Å². The highest BCUT2D eigenvalue weighted by molar-refractivity contribution is 9.10. The molecule has 1 amide bonds. The van der Waals surface area contributed by atoms with Crippen LogP contribution < -0.4 is 0 Å². The number of carbonyl (C=O) groups is 2. The Hall–Kier alpha value is -2.08. The van der Waals surface area contributed by atoms with Gasteiger partial charge >= 0.3 is 6.09 Å². The third-order valence-corrected chi connectivity index (χ3v) is 5.63. The predicted molar refractivity (Wildman–Crippen MR) is 103 cm³/mol. The number of benzene rings is 1. The Labute approximate surface area is 161 Å². The molecule has 0 atom stereocenters. The third-order valence-electron chi connectivity index (χ3n) is 4.80. The maximum atomic E-state index is 12.4. The molecule has 1 aromatic carbocycles. The third kappa shape index (κ3) is 4.75. The molecule has 0 saturated carbocycles. The molecule has 6 heteroatoms. The van der Waals surface area contributed by atoms with Gasteiger partial charge in [-0.2, -0.15) is 0 Å². The lowest BCUT2D eigenvalue weighted by atomic mass is 9.91. The summed E-state index contributed by atoms with van der Waals surface area (Å²) in [6.07, 6.45) is 1.89. The summed E-state index contributed by atoms with van der Waals surface area (Å²) in [4.78, 5) is 29.4. The van der Waals surface area contributed by atoms with E-state index in [-0.39, 0.29) is 11.9 Å². The molecule has 26 heavy (non-hydrogen) atoms. The second-order valence-corrected chi connectivity index (χ2v) is 7.61. The number of carbonyl (C=O) groups excluding carboxylic acids is 2. The van der Waals surface area contributed by atoms with Crippen LogP contribution in [0.4, 0.5) is 4.79 Å². The summed E-state index contributed by atoms with van der Waals surface area (Å²) < 4.78 is 6.31. The summed E-state index contributed by atoms with van der Waals surface area (Å²) >= 11 is 3.42. The molecule has 1 aliphatic rings. The summed E-state index contributed by atoms with van der Waals surface area (Å²) in [7, 11) is 0. The number of hydrogen-bond donors (Lipinski definition) is 1. The molecule has 1 fully saturated rings. The molecule has 1 saturated heterocycles. The van der Waals surface area contributed by atoms with Crippen LogP contribution in [0.25, 0.3) is 0 Å². The van der Waals surface area contributed by atoms with Crippen LogP contribution in [-0.2, 0) is 11.3 Å². The number of amides is 1. The Morgan fingerprint density at radius 3 is 2.54 bits per heavy atom. The van der Waals surface area contributed by atoms with E-state index in [1.54, 1.807) is 4.90 Å². The highest BCUT2D eigenvalue weighted by Crippen LogP contribution is 2.24. The molecule has 1 aromatic heterocycles. The molecule has 0 spiro atoms. The zero-order valence-electron chi connectivity index (χ0n) is 14.8. The van der Waals surface area contributed by atoms with E-state index in [0.29, 0.717) is 37.7 Å². The van der Waals surface area contributed by atoms with Crippen molar-refractivity contribution >= 4 is 27.8 Å². The summed E-state index contributed by atoms with van der Waals surface area (Å²) in [5.74, 6) is 0.437. The van der Waals surface area contributed by atoms with Crippen molar-refractivity contribution in [2.75, 3.05) is 13.1 Å². The van der Waals surface area contributed by atoms with Crippen LogP contribution in [-0.4, -0.2) is 34.8 Å². The maximum Gasteiger partial charge on any atom is 0.410 e. The van der Waals surface area contributed by atoms with Crippen LogP contribution >= 0.6 is 15.9 Å². The fourth-order valence-electron chi connectivity index (χ4n) is 3.19. The number of likely N-dealkylation sites (tertiary alicyclic amines) is 1. The first-order valence-electron chi connectivity index (χ1n) is 8.87. The number of H-pyrrole nitrogens is 1. The van der Waals surface area contributed by atoms with Crippen molar-refractivity contribution in [1.29, 1.82) is 0 Å². The number of Topliss-reactive ketones (excluding diaryl/α,β-unsaturated/α-hetero) is 1. The van der Waals surface area contributed by atoms with Crippen molar-refractivity contribution in [2.24, 2.45) is 5.92 Å². The molecule has 1 aliphatic heterocycles. The standard InChI is InChI=1S/C20H23BrN2O3/c1-14-17(21)12-18(22-14)19(24)11-15-7-9-23(10-8-15)20(25)26-13-16-5-3-2-4-6-16/h2-6,12,15,22H,7-11,13H2,1H3. The fraction of sp³-hybridized carbons (Fsp3) is 0.400. The van der Waals surface area contributed by atoms with E-state index in [1.807, 2.05) is 43.3 Å². The fourth-order valence-corrected chi connectivity index (χ4v) is 3.51. The average molecular weight is 419 g/mol. The maximum absolute atomic E-state index is 12.4. The normalized spacial score (nSPS) is 15.1. The number of nitrogens with one attached hydrogen (secondary N) is 1. The van der Waals surface area contributed by atoms with Crippen molar-refractivity contribution in [3.8, 4) is 0 Å². The van der Waals surface area contributed by atoms with E-state index in [1.165, 1.54) is 0 Å². The summed E-state index contributed by atoms with van der Waals surface area (Å²) in [5, 5.41) is 0. The van der Waals surface area contributed by atoms with Crippen molar-refractivity contribution in [2.45, 2.75) is 32.8 Å². The van der Waals surface area contributed by atoms with Crippen molar-refractivity contribution in [1.82, 2.24) is 9.88 Å². The first-order chi connectivity index (χ1) is 12.5. The summed E-state index contributed by atoms with van der Waals surface area (Å²) in [6.45, 7) is 3.50. The quantitative estimate of drug-likeness (QED) is 0.715. The van der Waals surface area contributed by atoms with Gasteiger partial charge in [0.25, 0.3) is 0 Å². The molecule has 3 rings (SSSR count). The molecule has 0 bridgehead atoms. The molecule has 0 unspecified atom stereocenters. The minimum atomic E-state index is -0.275. The van der Waals surface area contributed by atoms with E-state index in [4.69, 9.17) is 4.74 Å². The molecular formula is C20H23BrN2O3. The molecule has 5 nitrogen and oxygen atoms in total. The van der Waals surface area contributed by atoms with Crippen molar-refractivity contribution < 1.29 is 14.3 Å². The topological polar surface area (TPSA) is 62.4 Å². The lowest BCUT2D eigenvalue weighted by Crippen LogP contribution is -2.39. The number of ketones is 1. The van der Waals surface area contributed by atoms with E-state index in [2.05, 4.69) is 20.9 Å². The highest BCUT2D eigenvalue weighted by atomic mass is 79.9. The zero-order chi connectivity index (χ0) is 18.5. The molecule has 0 aliphatic carbocycles. The van der Waals surface area contributed by atoms with Crippen LogP contribution in [0.5, 0.6) is 0 Å². The van der Waals surface area contributed by atoms with Crippen LogP contribution in [0, 0.1) is 12.8 Å². The molecule has 0 radical (unpaired) electrons. The Morgan fingerprint density at radius 2 is 1.92 bits per heavy atom. The van der Waals surface area contributed by atoms with Crippen LogP contribution in [0.15, 0.2) is 40.9 Å². The number of aromatic amines is 1. The number of aromatic nitrogens is 1. The number of ether oxygens (including phenoxy) is 1. The van der Waals surface area contributed by atoms with E-state index >= 15 is 0 Å². The number of nitrogens with zero attached hydrogens (tertiary/aromatic N) is 1. The first-order valence-corrected chi connectivity index (χ1v) is 9.66. The van der Waals surface area contributed by atoms with Gasteiger partial charge in [0, 0.05) is 29.7 Å². The smallest absolute Gasteiger partial charge is 0.410 e. The lowest BCUT2D eigenvalue weighted by molar-refractivity contribution is 0.0782. The van der Waals surface area contributed by atoms with Crippen LogP contribution in [0.1, 0.15) is 41.0 Å². The van der Waals surface area contributed by atoms with Gasteiger partial charge in [0.05, 0.1) is 5.69 Å². The Kier molecular flexibility index (Phi) is 6.14. The monoisotopic (exact) mass is 418 g/mol. The number of piperidine rings is 1. The largest absolute Gasteiger partial charge is 0.445 e. The predicted octanol–water partition coefficient (Wildman–Crippen LogP) is 4.71. The van der Waals surface area contributed by atoms with Crippen LogP contribution in [0.2, 0.25) is 0 Å². The van der Waals surface area contributed by atoms with Gasteiger partial charge < -0.3 is 14.6 Å². The molecule has 1 N–H and O–H groups in total. The van der Waals surface area contributed by atoms with Gasteiger partial charge in [0.2, 0.25) is 0 Å². The first kappa shape index (κ1) is 18.7. The number of rotatable bonds is 5. The Balaban J connectivity index is 1.43. The van der Waals surface area contributed by atoms with Crippen molar-refractivity contribution in [3.63, 3.8) is 0 Å². The van der Waals surface area contributed by atoms with E-state index in [9.17, 15) is 9.59 Å². The summed E-state index contributed by atoms with van der Waals surface area (Å²) in [6, 6.07) is 11.5. The SMILES string of the molecule is Cc1[nH]c(C(=O)CC2CCN(C(=O)OCc3ccccc3)CC2)cc1Br. The minimum Gasteiger partial charge on any atom is -0.445 e.